The Balaban J connectivity index is 1.40. The highest BCUT2D eigenvalue weighted by molar-refractivity contribution is 6.30. The quantitative estimate of drug-likeness (QED) is 0.509. The van der Waals surface area contributed by atoms with Gasteiger partial charge in [0.05, 0.1) is 17.0 Å². The molecule has 1 fully saturated rings. The van der Waals surface area contributed by atoms with Gasteiger partial charge in [-0.1, -0.05) is 29.7 Å². The van der Waals surface area contributed by atoms with Crippen LogP contribution in [0.2, 0.25) is 5.02 Å². The second kappa shape index (κ2) is 7.70. The maximum atomic E-state index is 12.5. The summed E-state index contributed by atoms with van der Waals surface area (Å²) in [5.74, 6) is 0.643. The summed E-state index contributed by atoms with van der Waals surface area (Å²) in [6.45, 7) is 3.14. The van der Waals surface area contributed by atoms with Gasteiger partial charge in [0.15, 0.2) is 0 Å². The SMILES string of the molecule is CCCn1c(=O)[nH]c2cc(-c3noc([C@H]4CC(=O)N(c5cccc(Cl)c5)C4)n3)ccc21. The number of hydrogen-bond acceptors (Lipinski definition) is 5. The number of anilines is 1. The van der Waals surface area contributed by atoms with E-state index in [2.05, 4.69) is 15.1 Å². The zero-order chi connectivity index (χ0) is 21.5. The molecular formula is C22H20ClN5O3. The number of aromatic nitrogens is 4. The van der Waals surface area contributed by atoms with Crippen LogP contribution < -0.4 is 10.6 Å². The second-order valence-corrected chi connectivity index (χ2v) is 8.09. The molecule has 1 aliphatic heterocycles. The fourth-order valence-corrected chi connectivity index (χ4v) is 4.22. The number of nitrogens with one attached hydrogen (secondary N) is 1. The number of fused-ring (bicyclic) bond motifs is 1. The smallest absolute Gasteiger partial charge is 0.326 e. The number of halogens is 1. The van der Waals surface area contributed by atoms with Gasteiger partial charge in [0.25, 0.3) is 0 Å². The van der Waals surface area contributed by atoms with Crippen LogP contribution in [0.3, 0.4) is 0 Å². The van der Waals surface area contributed by atoms with Gasteiger partial charge in [0.2, 0.25) is 17.6 Å². The summed E-state index contributed by atoms with van der Waals surface area (Å²) < 4.78 is 7.21. The average molecular weight is 438 g/mol. The molecule has 158 valence electrons. The molecule has 1 saturated heterocycles. The van der Waals surface area contributed by atoms with Crippen LogP contribution >= 0.6 is 11.6 Å². The van der Waals surface area contributed by atoms with Crippen molar-refractivity contribution in [1.82, 2.24) is 19.7 Å². The van der Waals surface area contributed by atoms with Crippen molar-refractivity contribution in [2.75, 3.05) is 11.4 Å². The number of rotatable bonds is 5. The topological polar surface area (TPSA) is 97.0 Å². The first kappa shape index (κ1) is 19.6. The van der Waals surface area contributed by atoms with Crippen LogP contribution in [0.1, 0.15) is 31.6 Å². The Morgan fingerprint density at radius 2 is 2.10 bits per heavy atom. The number of benzene rings is 2. The summed E-state index contributed by atoms with van der Waals surface area (Å²) in [6, 6.07) is 12.8. The van der Waals surface area contributed by atoms with Crippen molar-refractivity contribution < 1.29 is 9.32 Å². The van der Waals surface area contributed by atoms with E-state index in [0.717, 1.165) is 28.7 Å². The minimum absolute atomic E-state index is 0.0109. The van der Waals surface area contributed by atoms with Crippen molar-refractivity contribution in [2.24, 2.45) is 0 Å². The third-order valence-electron chi connectivity index (χ3n) is 5.52. The van der Waals surface area contributed by atoms with Crippen molar-refractivity contribution in [1.29, 1.82) is 0 Å². The maximum absolute atomic E-state index is 12.5. The summed E-state index contributed by atoms with van der Waals surface area (Å²) in [7, 11) is 0. The van der Waals surface area contributed by atoms with E-state index in [1.807, 2.05) is 37.3 Å². The number of amides is 1. The molecule has 0 bridgehead atoms. The van der Waals surface area contributed by atoms with Gasteiger partial charge in [-0.25, -0.2) is 4.79 Å². The van der Waals surface area contributed by atoms with Crippen molar-refractivity contribution in [3.05, 3.63) is 63.9 Å². The highest BCUT2D eigenvalue weighted by atomic mass is 35.5. The van der Waals surface area contributed by atoms with Crippen LogP contribution in [-0.2, 0) is 11.3 Å². The van der Waals surface area contributed by atoms with Gasteiger partial charge in [0, 0.05) is 35.8 Å². The van der Waals surface area contributed by atoms with E-state index in [1.165, 1.54) is 0 Å². The Bertz CT molecular complexity index is 1340. The summed E-state index contributed by atoms with van der Waals surface area (Å²) in [5, 5.41) is 4.68. The lowest BCUT2D eigenvalue weighted by Crippen LogP contribution is -2.24. The lowest BCUT2D eigenvalue weighted by molar-refractivity contribution is -0.117. The van der Waals surface area contributed by atoms with Gasteiger partial charge in [-0.3, -0.25) is 9.36 Å². The molecule has 31 heavy (non-hydrogen) atoms. The predicted octanol–water partition coefficient (Wildman–Crippen LogP) is 3.96. The minimum atomic E-state index is -0.193. The molecule has 2 aromatic heterocycles. The van der Waals surface area contributed by atoms with E-state index in [4.69, 9.17) is 16.1 Å². The molecule has 1 N–H and O–H groups in total. The molecule has 1 aliphatic rings. The van der Waals surface area contributed by atoms with Crippen molar-refractivity contribution >= 4 is 34.2 Å². The summed E-state index contributed by atoms with van der Waals surface area (Å²) in [6.07, 6.45) is 1.16. The van der Waals surface area contributed by atoms with E-state index in [1.54, 1.807) is 21.6 Å². The standard InChI is InChI=1S/C22H20ClN5O3/c1-2-8-27-18-7-6-13(9-17(18)24-22(27)30)20-25-21(31-26-20)14-10-19(29)28(12-14)16-5-3-4-15(23)11-16/h3-7,9,11,14H,2,8,10,12H2,1H3,(H,24,30)/t14-/m0/s1. The molecule has 3 heterocycles. The first-order valence-corrected chi connectivity index (χ1v) is 10.5. The minimum Gasteiger partial charge on any atom is -0.339 e. The molecule has 0 saturated carbocycles. The fraction of sp³-hybridized carbons (Fsp3) is 0.273. The molecule has 1 amide bonds. The van der Waals surface area contributed by atoms with E-state index >= 15 is 0 Å². The zero-order valence-electron chi connectivity index (χ0n) is 16.8. The van der Waals surface area contributed by atoms with Crippen LogP contribution in [0.5, 0.6) is 0 Å². The Hall–Kier alpha value is -3.39. The second-order valence-electron chi connectivity index (χ2n) is 7.66. The van der Waals surface area contributed by atoms with Crippen LogP contribution in [0.15, 0.2) is 51.8 Å². The van der Waals surface area contributed by atoms with Crippen molar-refractivity contribution in [3.8, 4) is 11.4 Å². The number of H-pyrrole nitrogens is 1. The molecule has 8 nitrogen and oxygen atoms in total. The van der Waals surface area contributed by atoms with E-state index in [-0.39, 0.29) is 17.5 Å². The number of aromatic amines is 1. The number of nitrogens with zero attached hydrogens (tertiary/aromatic N) is 4. The largest absolute Gasteiger partial charge is 0.339 e. The Morgan fingerprint density at radius 1 is 1.23 bits per heavy atom. The molecule has 9 heteroatoms. The predicted molar refractivity (Wildman–Crippen MR) is 117 cm³/mol. The van der Waals surface area contributed by atoms with Crippen molar-refractivity contribution in [2.45, 2.75) is 32.2 Å². The Labute approximate surface area is 182 Å². The van der Waals surface area contributed by atoms with Gasteiger partial charge < -0.3 is 14.4 Å². The molecule has 0 unspecified atom stereocenters. The molecule has 2 aromatic carbocycles. The molecule has 4 aromatic rings. The van der Waals surface area contributed by atoms with Crippen LogP contribution in [0, 0.1) is 0 Å². The van der Waals surface area contributed by atoms with E-state index < -0.39 is 0 Å². The molecule has 5 rings (SSSR count). The number of carbonyl (C=O) groups is 1. The van der Waals surface area contributed by atoms with E-state index in [9.17, 15) is 9.59 Å². The number of imidazole rings is 1. The molecule has 1 atom stereocenters. The summed E-state index contributed by atoms with van der Waals surface area (Å²) in [4.78, 5) is 33.8. The van der Waals surface area contributed by atoms with Gasteiger partial charge in [-0.15, -0.1) is 0 Å². The van der Waals surface area contributed by atoms with Gasteiger partial charge in [-0.05, 0) is 42.8 Å². The van der Waals surface area contributed by atoms with Crippen molar-refractivity contribution in [3.63, 3.8) is 0 Å². The Kier molecular flexibility index (Phi) is 4.86. The Morgan fingerprint density at radius 3 is 2.90 bits per heavy atom. The van der Waals surface area contributed by atoms with Gasteiger partial charge in [-0.2, -0.15) is 4.98 Å². The lowest BCUT2D eigenvalue weighted by Gasteiger charge is -2.16. The number of carbonyl (C=O) groups excluding carboxylic acids is 1. The van der Waals surface area contributed by atoms with E-state index in [0.29, 0.717) is 36.2 Å². The normalized spacial score (nSPS) is 16.5. The highest BCUT2D eigenvalue weighted by Crippen LogP contribution is 2.33. The fourth-order valence-electron chi connectivity index (χ4n) is 4.03. The zero-order valence-corrected chi connectivity index (χ0v) is 17.6. The summed E-state index contributed by atoms with van der Waals surface area (Å²) >= 11 is 6.06. The molecule has 0 spiro atoms. The number of aryl methyl sites for hydroxylation is 1. The molecular weight excluding hydrogens is 418 g/mol. The molecule has 0 aliphatic carbocycles. The summed E-state index contributed by atoms with van der Waals surface area (Å²) in [5.41, 5.74) is 2.94. The number of hydrogen-bond donors (Lipinski definition) is 1. The highest BCUT2D eigenvalue weighted by Gasteiger charge is 2.35. The third kappa shape index (κ3) is 3.53. The van der Waals surface area contributed by atoms with Gasteiger partial charge >= 0.3 is 5.69 Å². The lowest BCUT2D eigenvalue weighted by atomic mass is 10.1. The maximum Gasteiger partial charge on any atom is 0.326 e. The first-order chi connectivity index (χ1) is 15.0. The van der Waals surface area contributed by atoms with Crippen LogP contribution in [-0.4, -0.2) is 32.1 Å². The van der Waals surface area contributed by atoms with Crippen LogP contribution in [0.4, 0.5) is 5.69 Å². The van der Waals surface area contributed by atoms with Crippen LogP contribution in [0.25, 0.3) is 22.4 Å². The molecule has 0 radical (unpaired) electrons. The monoisotopic (exact) mass is 437 g/mol. The first-order valence-electron chi connectivity index (χ1n) is 10.2. The average Bonchev–Trinajstić information content (AvgIpc) is 3.46. The van der Waals surface area contributed by atoms with Gasteiger partial charge in [0.1, 0.15) is 0 Å². The third-order valence-corrected chi connectivity index (χ3v) is 5.75.